The first kappa shape index (κ1) is 18.9. The molecule has 4 heteroatoms. The summed E-state index contributed by atoms with van der Waals surface area (Å²) < 4.78 is 14.4. The van der Waals surface area contributed by atoms with Crippen LogP contribution in [0.4, 0.5) is 4.39 Å². The van der Waals surface area contributed by atoms with Gasteiger partial charge in [-0.3, -0.25) is 0 Å². The number of terminal acetylenes is 1. The molecule has 4 aromatic rings. The molecule has 0 aliphatic carbocycles. The molecule has 0 radical (unpaired) electrons. The molecule has 0 N–H and O–H groups in total. The molecule has 0 saturated heterocycles. The van der Waals surface area contributed by atoms with Crippen LogP contribution in [0.2, 0.25) is 0 Å². The Balaban J connectivity index is 0.00000109. The van der Waals surface area contributed by atoms with Crippen LogP contribution in [0.15, 0.2) is 78.9 Å². The van der Waals surface area contributed by atoms with Crippen molar-refractivity contribution in [2.24, 2.45) is 0 Å². The number of hydrogen-bond acceptors (Lipinski definition) is 3. The normalized spacial score (nSPS) is 10.0. The Labute approximate surface area is 164 Å². The summed E-state index contributed by atoms with van der Waals surface area (Å²) in [7, 11) is 0. The second-order valence-corrected chi connectivity index (χ2v) is 6.02. The van der Waals surface area contributed by atoms with Gasteiger partial charge in [0, 0.05) is 11.1 Å². The second-order valence-electron chi connectivity index (χ2n) is 6.02. The van der Waals surface area contributed by atoms with Gasteiger partial charge < -0.3 is 0 Å². The smallest absolute Gasteiger partial charge is 0.167 e. The van der Waals surface area contributed by atoms with E-state index < -0.39 is 0 Å². The molecule has 0 aliphatic heterocycles. The van der Waals surface area contributed by atoms with Gasteiger partial charge in [0.25, 0.3) is 0 Å². The lowest BCUT2D eigenvalue weighted by Gasteiger charge is -2.09. The number of aromatic nitrogens is 3. The van der Waals surface area contributed by atoms with Gasteiger partial charge in [-0.2, -0.15) is 0 Å². The SMILES string of the molecule is C#C.Cc1ccc(F)c(-c2nc(-c3ccccc3)nc(-c3ccccc3)n2)c1. The quantitative estimate of drug-likeness (QED) is 0.444. The highest BCUT2D eigenvalue weighted by Crippen LogP contribution is 2.26. The van der Waals surface area contributed by atoms with E-state index in [1.165, 1.54) is 6.07 Å². The summed E-state index contributed by atoms with van der Waals surface area (Å²) >= 11 is 0. The maximum Gasteiger partial charge on any atom is 0.167 e. The summed E-state index contributed by atoms with van der Waals surface area (Å²) in [5.41, 5.74) is 3.05. The first-order valence-electron chi connectivity index (χ1n) is 8.67. The molecular formula is C24H18FN3. The first-order chi connectivity index (χ1) is 13.7. The van der Waals surface area contributed by atoms with E-state index in [2.05, 4.69) is 27.8 Å². The molecule has 3 aromatic carbocycles. The number of nitrogens with zero attached hydrogens (tertiary/aromatic N) is 3. The molecule has 0 aliphatic rings. The summed E-state index contributed by atoms with van der Waals surface area (Å²) in [5.74, 6) is 1.03. The van der Waals surface area contributed by atoms with Crippen molar-refractivity contribution in [1.82, 2.24) is 15.0 Å². The zero-order chi connectivity index (χ0) is 19.9. The van der Waals surface area contributed by atoms with Crippen LogP contribution in [-0.2, 0) is 0 Å². The fourth-order valence-corrected chi connectivity index (χ4v) is 2.74. The van der Waals surface area contributed by atoms with Crippen molar-refractivity contribution >= 4 is 0 Å². The van der Waals surface area contributed by atoms with E-state index in [1.54, 1.807) is 12.1 Å². The lowest BCUT2D eigenvalue weighted by atomic mass is 10.1. The van der Waals surface area contributed by atoms with Crippen molar-refractivity contribution in [2.45, 2.75) is 6.92 Å². The van der Waals surface area contributed by atoms with Crippen molar-refractivity contribution in [3.8, 4) is 47.0 Å². The fraction of sp³-hybridized carbons (Fsp3) is 0.0417. The van der Waals surface area contributed by atoms with Gasteiger partial charge in [0.1, 0.15) is 5.82 Å². The topological polar surface area (TPSA) is 38.7 Å². The molecule has 28 heavy (non-hydrogen) atoms. The Morgan fingerprint density at radius 2 is 1.11 bits per heavy atom. The molecule has 0 spiro atoms. The van der Waals surface area contributed by atoms with E-state index in [9.17, 15) is 4.39 Å². The van der Waals surface area contributed by atoms with Crippen LogP contribution in [0.25, 0.3) is 34.2 Å². The predicted octanol–water partition coefficient (Wildman–Crippen LogP) is 5.57. The Morgan fingerprint density at radius 3 is 1.61 bits per heavy atom. The van der Waals surface area contributed by atoms with Crippen molar-refractivity contribution in [3.63, 3.8) is 0 Å². The second kappa shape index (κ2) is 8.70. The van der Waals surface area contributed by atoms with Crippen molar-refractivity contribution in [3.05, 3.63) is 90.2 Å². The van der Waals surface area contributed by atoms with Crippen molar-refractivity contribution in [2.75, 3.05) is 0 Å². The highest BCUT2D eigenvalue weighted by Gasteiger charge is 2.14. The average molecular weight is 367 g/mol. The van der Waals surface area contributed by atoms with Gasteiger partial charge >= 0.3 is 0 Å². The van der Waals surface area contributed by atoms with Gasteiger partial charge in [-0.1, -0.05) is 72.3 Å². The molecule has 3 nitrogen and oxygen atoms in total. The molecule has 0 fully saturated rings. The Hall–Kier alpha value is -3.84. The third-order valence-electron chi connectivity index (χ3n) is 4.06. The molecular weight excluding hydrogens is 349 g/mol. The largest absolute Gasteiger partial charge is 0.208 e. The lowest BCUT2D eigenvalue weighted by Crippen LogP contribution is -2.01. The van der Waals surface area contributed by atoms with Crippen LogP contribution in [0.3, 0.4) is 0 Å². The lowest BCUT2D eigenvalue weighted by molar-refractivity contribution is 0.629. The Morgan fingerprint density at radius 1 is 0.643 bits per heavy atom. The number of rotatable bonds is 3. The third-order valence-corrected chi connectivity index (χ3v) is 4.06. The van der Waals surface area contributed by atoms with Gasteiger partial charge in [-0.05, 0) is 19.1 Å². The zero-order valence-electron chi connectivity index (χ0n) is 15.4. The van der Waals surface area contributed by atoms with E-state index in [4.69, 9.17) is 0 Å². The minimum Gasteiger partial charge on any atom is -0.208 e. The van der Waals surface area contributed by atoms with Crippen LogP contribution >= 0.6 is 0 Å². The minimum absolute atomic E-state index is 0.332. The van der Waals surface area contributed by atoms with Crippen molar-refractivity contribution < 1.29 is 4.39 Å². The monoisotopic (exact) mass is 367 g/mol. The standard InChI is InChI=1S/C22H16FN3.C2H2/c1-15-12-13-19(23)18(14-15)22-25-20(16-8-4-2-5-9-16)24-21(26-22)17-10-6-3-7-11-17;1-2/h2-14H,1H3;1-2H. The summed E-state index contributed by atoms with van der Waals surface area (Å²) in [4.78, 5) is 13.7. The summed E-state index contributed by atoms with van der Waals surface area (Å²) in [5, 5.41) is 0. The number of benzene rings is 3. The molecule has 0 unspecified atom stereocenters. The molecule has 0 bridgehead atoms. The molecule has 0 amide bonds. The van der Waals surface area contributed by atoms with E-state index >= 15 is 0 Å². The zero-order valence-corrected chi connectivity index (χ0v) is 15.4. The van der Waals surface area contributed by atoms with Crippen LogP contribution in [0.1, 0.15) is 5.56 Å². The Kier molecular flexibility index (Phi) is 5.88. The van der Waals surface area contributed by atoms with Crippen LogP contribution < -0.4 is 0 Å². The Bertz CT molecular complexity index is 1030. The van der Waals surface area contributed by atoms with E-state index in [-0.39, 0.29) is 5.82 Å². The van der Waals surface area contributed by atoms with Gasteiger partial charge in [-0.15, -0.1) is 12.8 Å². The maximum atomic E-state index is 14.4. The van der Waals surface area contributed by atoms with Crippen LogP contribution in [-0.4, -0.2) is 15.0 Å². The summed E-state index contributed by atoms with van der Waals surface area (Å²) in [6.45, 7) is 1.92. The summed E-state index contributed by atoms with van der Waals surface area (Å²) in [6, 6.07) is 24.2. The molecule has 0 saturated carbocycles. The number of halogens is 1. The number of hydrogen-bond donors (Lipinski definition) is 0. The number of aryl methyl sites for hydroxylation is 1. The molecule has 1 aromatic heterocycles. The predicted molar refractivity (Wildman–Crippen MR) is 111 cm³/mol. The highest BCUT2D eigenvalue weighted by molar-refractivity contribution is 5.66. The fourth-order valence-electron chi connectivity index (χ4n) is 2.74. The third kappa shape index (κ3) is 4.11. The highest BCUT2D eigenvalue weighted by atomic mass is 19.1. The van der Waals surface area contributed by atoms with E-state index in [1.807, 2.05) is 67.6 Å². The first-order valence-corrected chi connectivity index (χ1v) is 8.67. The van der Waals surface area contributed by atoms with Crippen molar-refractivity contribution in [1.29, 1.82) is 0 Å². The molecule has 136 valence electrons. The average Bonchev–Trinajstić information content (AvgIpc) is 2.78. The minimum atomic E-state index is -0.347. The molecule has 1 heterocycles. The van der Waals surface area contributed by atoms with Gasteiger partial charge in [0.05, 0.1) is 5.56 Å². The van der Waals surface area contributed by atoms with Gasteiger partial charge in [-0.25, -0.2) is 19.3 Å². The molecule has 4 rings (SSSR count). The molecule has 0 atom stereocenters. The van der Waals surface area contributed by atoms with Gasteiger partial charge in [0.2, 0.25) is 0 Å². The van der Waals surface area contributed by atoms with Crippen LogP contribution in [0, 0.1) is 25.6 Å². The van der Waals surface area contributed by atoms with E-state index in [0.29, 0.717) is 23.0 Å². The van der Waals surface area contributed by atoms with Gasteiger partial charge in [0.15, 0.2) is 17.5 Å². The summed E-state index contributed by atoms with van der Waals surface area (Å²) in [6.07, 6.45) is 8.00. The maximum absolute atomic E-state index is 14.4. The van der Waals surface area contributed by atoms with E-state index in [0.717, 1.165) is 16.7 Å². The van der Waals surface area contributed by atoms with Crippen LogP contribution in [0.5, 0.6) is 0 Å².